The van der Waals surface area contributed by atoms with Gasteiger partial charge in [0.15, 0.2) is 0 Å². The predicted octanol–water partition coefficient (Wildman–Crippen LogP) is 4.05. The van der Waals surface area contributed by atoms with Gasteiger partial charge in [-0.2, -0.15) is 5.10 Å². The number of H-pyrrole nitrogens is 1. The lowest BCUT2D eigenvalue weighted by atomic mass is 10.0. The van der Waals surface area contributed by atoms with Gasteiger partial charge in [-0.1, -0.05) is 48.5 Å². The third-order valence-corrected chi connectivity index (χ3v) is 3.09. The van der Waals surface area contributed by atoms with Crippen LogP contribution >= 0.6 is 0 Å². The fourth-order valence-corrected chi connectivity index (χ4v) is 2.12. The molecule has 2 aromatic carbocycles. The highest BCUT2D eigenvalue weighted by Crippen LogP contribution is 2.26. The number of rotatable bonds is 2. The summed E-state index contributed by atoms with van der Waals surface area (Å²) in [5.74, 6) is 0. The van der Waals surface area contributed by atoms with Gasteiger partial charge >= 0.3 is 0 Å². The Bertz CT molecular complexity index is 654. The number of hydrogen-bond acceptors (Lipinski definition) is 1. The summed E-state index contributed by atoms with van der Waals surface area (Å²) >= 11 is 0. The summed E-state index contributed by atoms with van der Waals surface area (Å²) < 4.78 is 0. The van der Waals surface area contributed by atoms with Gasteiger partial charge < -0.3 is 0 Å². The first-order chi connectivity index (χ1) is 8.84. The van der Waals surface area contributed by atoms with Gasteiger partial charge in [0.2, 0.25) is 0 Å². The van der Waals surface area contributed by atoms with Crippen molar-refractivity contribution in [2.75, 3.05) is 0 Å². The molecule has 0 saturated carbocycles. The number of aromatic nitrogens is 2. The average molecular weight is 234 g/mol. The van der Waals surface area contributed by atoms with Crippen molar-refractivity contribution in [3.63, 3.8) is 0 Å². The van der Waals surface area contributed by atoms with E-state index in [0.717, 1.165) is 5.69 Å². The lowest BCUT2D eigenvalue weighted by Crippen LogP contribution is -1.83. The van der Waals surface area contributed by atoms with Crippen LogP contribution in [0, 0.1) is 6.92 Å². The fraction of sp³-hybridized carbons (Fsp3) is 0.0625. The molecule has 1 aromatic heterocycles. The largest absolute Gasteiger partial charge is 0.278 e. The van der Waals surface area contributed by atoms with Crippen LogP contribution in [0.1, 0.15) is 5.56 Å². The zero-order valence-corrected chi connectivity index (χ0v) is 10.2. The highest BCUT2D eigenvalue weighted by atomic mass is 15.1. The Kier molecular flexibility index (Phi) is 2.69. The molecule has 0 spiro atoms. The Morgan fingerprint density at radius 2 is 1.56 bits per heavy atom. The molecule has 0 bridgehead atoms. The van der Waals surface area contributed by atoms with Gasteiger partial charge in [0.25, 0.3) is 0 Å². The third kappa shape index (κ3) is 1.93. The van der Waals surface area contributed by atoms with E-state index in [-0.39, 0.29) is 0 Å². The van der Waals surface area contributed by atoms with Crippen LogP contribution in [0.5, 0.6) is 0 Å². The number of hydrogen-bond donors (Lipinski definition) is 1. The summed E-state index contributed by atoms with van der Waals surface area (Å²) in [6.45, 7) is 2.06. The number of benzene rings is 2. The summed E-state index contributed by atoms with van der Waals surface area (Å²) in [6.07, 6.45) is 1.85. The Hall–Kier alpha value is -2.35. The highest BCUT2D eigenvalue weighted by molar-refractivity contribution is 5.72. The second kappa shape index (κ2) is 4.49. The molecule has 3 rings (SSSR count). The minimum atomic E-state index is 1.09. The molecule has 1 N–H and O–H groups in total. The minimum absolute atomic E-state index is 1.09. The van der Waals surface area contributed by atoms with Gasteiger partial charge in [0.1, 0.15) is 0 Å². The fourth-order valence-electron chi connectivity index (χ4n) is 2.12. The topological polar surface area (TPSA) is 28.7 Å². The molecular weight excluding hydrogens is 220 g/mol. The van der Waals surface area contributed by atoms with Crippen LogP contribution in [0.15, 0.2) is 60.8 Å². The van der Waals surface area contributed by atoms with Crippen molar-refractivity contribution < 1.29 is 0 Å². The molecule has 0 radical (unpaired) electrons. The molecule has 2 heteroatoms. The first-order valence-electron chi connectivity index (χ1n) is 6.00. The van der Waals surface area contributed by atoms with Crippen LogP contribution in [0.25, 0.3) is 22.4 Å². The number of nitrogens with zero attached hydrogens (tertiary/aromatic N) is 1. The van der Waals surface area contributed by atoms with E-state index >= 15 is 0 Å². The van der Waals surface area contributed by atoms with E-state index in [1.165, 1.54) is 22.3 Å². The maximum atomic E-state index is 4.08. The zero-order chi connectivity index (χ0) is 12.4. The van der Waals surface area contributed by atoms with Crippen LogP contribution in [-0.4, -0.2) is 10.2 Å². The van der Waals surface area contributed by atoms with E-state index in [0.29, 0.717) is 0 Å². The first-order valence-corrected chi connectivity index (χ1v) is 6.00. The van der Waals surface area contributed by atoms with Crippen LogP contribution in [0.4, 0.5) is 0 Å². The van der Waals surface area contributed by atoms with Gasteiger partial charge in [-0.15, -0.1) is 0 Å². The molecule has 1 heterocycles. The normalized spacial score (nSPS) is 10.5. The third-order valence-electron chi connectivity index (χ3n) is 3.09. The SMILES string of the molecule is Cc1cn[nH]c1-c1cccc(-c2ccccc2)c1. The van der Waals surface area contributed by atoms with E-state index in [1.807, 2.05) is 12.3 Å². The average Bonchev–Trinajstić information content (AvgIpc) is 2.86. The van der Waals surface area contributed by atoms with E-state index in [9.17, 15) is 0 Å². The second-order valence-corrected chi connectivity index (χ2v) is 4.37. The van der Waals surface area contributed by atoms with E-state index < -0.39 is 0 Å². The maximum absolute atomic E-state index is 4.08. The van der Waals surface area contributed by atoms with Crippen molar-refractivity contribution in [2.45, 2.75) is 6.92 Å². The second-order valence-electron chi connectivity index (χ2n) is 4.37. The summed E-state index contributed by atoms with van der Waals surface area (Å²) in [5.41, 5.74) is 5.89. The predicted molar refractivity (Wildman–Crippen MR) is 74.2 cm³/mol. The summed E-state index contributed by atoms with van der Waals surface area (Å²) in [7, 11) is 0. The molecule has 3 aromatic rings. The van der Waals surface area contributed by atoms with Crippen molar-refractivity contribution in [1.29, 1.82) is 0 Å². The van der Waals surface area contributed by atoms with Crippen LogP contribution in [0.3, 0.4) is 0 Å². The molecule has 2 nitrogen and oxygen atoms in total. The summed E-state index contributed by atoms with van der Waals surface area (Å²) in [4.78, 5) is 0. The van der Waals surface area contributed by atoms with Crippen LogP contribution in [-0.2, 0) is 0 Å². The van der Waals surface area contributed by atoms with Crippen LogP contribution < -0.4 is 0 Å². The quantitative estimate of drug-likeness (QED) is 0.712. The standard InChI is InChI=1S/C16H14N2/c1-12-11-17-18-16(12)15-9-5-8-14(10-15)13-6-3-2-4-7-13/h2-11H,1H3,(H,17,18). The molecule has 0 aliphatic carbocycles. The smallest absolute Gasteiger partial charge is 0.0679 e. The van der Waals surface area contributed by atoms with E-state index in [4.69, 9.17) is 0 Å². The van der Waals surface area contributed by atoms with Crippen molar-refractivity contribution >= 4 is 0 Å². The van der Waals surface area contributed by atoms with Gasteiger partial charge in [-0.05, 0) is 29.7 Å². The van der Waals surface area contributed by atoms with Gasteiger partial charge in [0.05, 0.1) is 11.9 Å². The van der Waals surface area contributed by atoms with Gasteiger partial charge in [-0.3, -0.25) is 5.10 Å². The number of aromatic amines is 1. The van der Waals surface area contributed by atoms with E-state index in [1.54, 1.807) is 0 Å². The van der Waals surface area contributed by atoms with Gasteiger partial charge in [0, 0.05) is 5.56 Å². The molecule has 0 atom stereocenters. The summed E-state index contributed by atoms with van der Waals surface area (Å²) in [6, 6.07) is 18.9. The Labute approximate surface area is 106 Å². The molecule has 0 aliphatic heterocycles. The van der Waals surface area contributed by atoms with Crippen LogP contribution in [0.2, 0.25) is 0 Å². The molecule has 0 saturated heterocycles. The molecule has 0 unspecified atom stereocenters. The Morgan fingerprint density at radius 3 is 2.28 bits per heavy atom. The Balaban J connectivity index is 2.08. The Morgan fingerprint density at radius 1 is 0.833 bits per heavy atom. The highest BCUT2D eigenvalue weighted by Gasteiger charge is 2.05. The molecule has 0 fully saturated rings. The monoisotopic (exact) mass is 234 g/mol. The zero-order valence-electron chi connectivity index (χ0n) is 10.2. The lowest BCUT2D eigenvalue weighted by molar-refractivity contribution is 1.10. The molecule has 0 amide bonds. The van der Waals surface area contributed by atoms with Crippen molar-refractivity contribution in [3.8, 4) is 22.4 Å². The van der Waals surface area contributed by atoms with E-state index in [2.05, 4.69) is 65.7 Å². The van der Waals surface area contributed by atoms with Crippen molar-refractivity contribution in [1.82, 2.24) is 10.2 Å². The minimum Gasteiger partial charge on any atom is -0.278 e. The van der Waals surface area contributed by atoms with Gasteiger partial charge in [-0.25, -0.2) is 0 Å². The lowest BCUT2D eigenvalue weighted by Gasteiger charge is -2.05. The first kappa shape index (κ1) is 10.8. The molecule has 0 aliphatic rings. The van der Waals surface area contributed by atoms with Crippen molar-refractivity contribution in [3.05, 3.63) is 66.4 Å². The maximum Gasteiger partial charge on any atom is 0.0679 e. The summed E-state index contributed by atoms with van der Waals surface area (Å²) in [5, 5.41) is 7.13. The molecular formula is C16H14N2. The van der Waals surface area contributed by atoms with Crippen molar-refractivity contribution in [2.24, 2.45) is 0 Å². The number of nitrogens with one attached hydrogen (secondary N) is 1. The molecule has 18 heavy (non-hydrogen) atoms. The molecule has 88 valence electrons. The number of aryl methyl sites for hydroxylation is 1.